The van der Waals surface area contributed by atoms with Gasteiger partial charge in [0.2, 0.25) is 0 Å². The standard InChI is InChI=1S/C15H19N3O/c1-16-11-6-8-18(10-11)15-5-7-17-14-4-3-12(19-2)9-13(14)15/h3-5,7,9,11,16H,6,8,10H2,1-2H3/t11-/m0/s1. The average molecular weight is 257 g/mol. The molecule has 0 bridgehead atoms. The second kappa shape index (κ2) is 5.05. The Morgan fingerprint density at radius 1 is 1.37 bits per heavy atom. The number of anilines is 1. The van der Waals surface area contributed by atoms with Gasteiger partial charge < -0.3 is 15.0 Å². The Morgan fingerprint density at radius 3 is 3.00 bits per heavy atom. The van der Waals surface area contributed by atoms with Crippen molar-refractivity contribution in [1.82, 2.24) is 10.3 Å². The molecule has 0 spiro atoms. The largest absolute Gasteiger partial charge is 0.497 e. The molecule has 1 atom stereocenters. The molecule has 0 amide bonds. The van der Waals surface area contributed by atoms with Gasteiger partial charge in [0.25, 0.3) is 0 Å². The molecule has 19 heavy (non-hydrogen) atoms. The van der Waals surface area contributed by atoms with Gasteiger partial charge in [-0.15, -0.1) is 0 Å². The van der Waals surface area contributed by atoms with Gasteiger partial charge in [0.1, 0.15) is 5.75 Å². The Morgan fingerprint density at radius 2 is 2.26 bits per heavy atom. The van der Waals surface area contributed by atoms with Crippen LogP contribution in [-0.2, 0) is 0 Å². The highest BCUT2D eigenvalue weighted by molar-refractivity contribution is 5.92. The first kappa shape index (κ1) is 12.2. The minimum Gasteiger partial charge on any atom is -0.497 e. The molecule has 0 saturated carbocycles. The van der Waals surface area contributed by atoms with Gasteiger partial charge in [-0.2, -0.15) is 0 Å². The van der Waals surface area contributed by atoms with E-state index in [2.05, 4.69) is 27.3 Å². The van der Waals surface area contributed by atoms with Crippen LogP contribution in [0.25, 0.3) is 10.9 Å². The molecule has 1 saturated heterocycles. The fourth-order valence-electron chi connectivity index (χ4n) is 2.73. The van der Waals surface area contributed by atoms with Gasteiger partial charge in [-0.05, 0) is 37.7 Å². The Kier molecular flexibility index (Phi) is 3.25. The van der Waals surface area contributed by atoms with E-state index in [-0.39, 0.29) is 0 Å². The van der Waals surface area contributed by atoms with Gasteiger partial charge in [0.05, 0.1) is 12.6 Å². The van der Waals surface area contributed by atoms with Gasteiger partial charge in [-0.1, -0.05) is 0 Å². The van der Waals surface area contributed by atoms with Crippen LogP contribution in [0.2, 0.25) is 0 Å². The highest BCUT2D eigenvalue weighted by Gasteiger charge is 2.22. The zero-order valence-electron chi connectivity index (χ0n) is 11.4. The third-order valence-electron chi connectivity index (χ3n) is 3.86. The highest BCUT2D eigenvalue weighted by atomic mass is 16.5. The summed E-state index contributed by atoms with van der Waals surface area (Å²) in [6.07, 6.45) is 3.07. The molecule has 0 aliphatic carbocycles. The van der Waals surface area contributed by atoms with Crippen molar-refractivity contribution in [3.05, 3.63) is 30.5 Å². The van der Waals surface area contributed by atoms with Gasteiger partial charge in [-0.3, -0.25) is 4.98 Å². The summed E-state index contributed by atoms with van der Waals surface area (Å²) >= 11 is 0. The molecule has 2 aromatic rings. The number of hydrogen-bond acceptors (Lipinski definition) is 4. The third-order valence-corrected chi connectivity index (χ3v) is 3.86. The second-order valence-corrected chi connectivity index (χ2v) is 4.93. The second-order valence-electron chi connectivity index (χ2n) is 4.93. The molecule has 1 aromatic heterocycles. The number of ether oxygens (including phenoxy) is 1. The summed E-state index contributed by atoms with van der Waals surface area (Å²) in [5.41, 5.74) is 2.27. The number of benzene rings is 1. The van der Waals surface area contributed by atoms with E-state index in [4.69, 9.17) is 4.74 Å². The fraction of sp³-hybridized carbons (Fsp3) is 0.400. The molecule has 1 aliphatic rings. The number of fused-ring (bicyclic) bond motifs is 1. The van der Waals surface area contributed by atoms with E-state index >= 15 is 0 Å². The van der Waals surface area contributed by atoms with E-state index in [0.29, 0.717) is 6.04 Å². The molecule has 4 nitrogen and oxygen atoms in total. The summed E-state index contributed by atoms with van der Waals surface area (Å²) in [4.78, 5) is 6.85. The fourth-order valence-corrected chi connectivity index (χ4v) is 2.73. The van der Waals surface area contributed by atoms with Crippen LogP contribution in [0.4, 0.5) is 5.69 Å². The van der Waals surface area contributed by atoms with Crippen LogP contribution in [-0.4, -0.2) is 38.3 Å². The Balaban J connectivity index is 2.03. The summed E-state index contributed by atoms with van der Waals surface area (Å²) < 4.78 is 5.32. The van der Waals surface area contributed by atoms with Gasteiger partial charge in [0, 0.05) is 36.4 Å². The summed E-state index contributed by atoms with van der Waals surface area (Å²) in [7, 11) is 3.73. The molecular weight excluding hydrogens is 238 g/mol. The van der Waals surface area contributed by atoms with Crippen molar-refractivity contribution in [3.63, 3.8) is 0 Å². The average Bonchev–Trinajstić information content (AvgIpc) is 2.94. The third kappa shape index (κ3) is 2.24. The number of likely N-dealkylation sites (N-methyl/N-ethyl adjacent to an activating group) is 1. The minimum absolute atomic E-state index is 0.578. The topological polar surface area (TPSA) is 37.4 Å². The normalized spacial score (nSPS) is 19.1. The molecule has 1 aliphatic heterocycles. The van der Waals surface area contributed by atoms with Gasteiger partial charge >= 0.3 is 0 Å². The van der Waals surface area contributed by atoms with Crippen molar-refractivity contribution in [2.75, 3.05) is 32.1 Å². The minimum atomic E-state index is 0.578. The van der Waals surface area contributed by atoms with E-state index in [1.807, 2.05) is 25.4 Å². The van der Waals surface area contributed by atoms with Crippen LogP contribution in [0.5, 0.6) is 5.75 Å². The highest BCUT2D eigenvalue weighted by Crippen LogP contribution is 2.30. The van der Waals surface area contributed by atoms with Crippen molar-refractivity contribution >= 4 is 16.6 Å². The summed E-state index contributed by atoms with van der Waals surface area (Å²) in [6, 6.07) is 8.72. The first-order valence-corrected chi connectivity index (χ1v) is 6.67. The number of aromatic nitrogens is 1. The Labute approximate surface area is 113 Å². The lowest BCUT2D eigenvalue weighted by atomic mass is 10.1. The maximum absolute atomic E-state index is 5.32. The number of pyridine rings is 1. The molecule has 4 heteroatoms. The van der Waals surface area contributed by atoms with Crippen molar-refractivity contribution in [1.29, 1.82) is 0 Å². The summed E-state index contributed by atoms with van der Waals surface area (Å²) in [5, 5.41) is 4.52. The van der Waals surface area contributed by atoms with Crippen LogP contribution in [0.1, 0.15) is 6.42 Å². The van der Waals surface area contributed by atoms with E-state index in [9.17, 15) is 0 Å². The number of rotatable bonds is 3. The van der Waals surface area contributed by atoms with Crippen LogP contribution in [0, 0.1) is 0 Å². The van der Waals surface area contributed by atoms with Crippen LogP contribution in [0.15, 0.2) is 30.5 Å². The van der Waals surface area contributed by atoms with Gasteiger partial charge in [-0.25, -0.2) is 0 Å². The molecule has 3 rings (SSSR count). The molecule has 100 valence electrons. The van der Waals surface area contributed by atoms with E-state index in [1.165, 1.54) is 17.5 Å². The predicted octanol–water partition coefficient (Wildman–Crippen LogP) is 2.04. The Bertz CT molecular complexity index is 585. The van der Waals surface area contributed by atoms with Crippen LogP contribution < -0.4 is 15.0 Å². The number of nitrogens with one attached hydrogen (secondary N) is 1. The molecule has 0 radical (unpaired) electrons. The molecular formula is C15H19N3O. The quantitative estimate of drug-likeness (QED) is 0.913. The first-order chi connectivity index (χ1) is 9.31. The number of methoxy groups -OCH3 is 1. The van der Waals surface area contributed by atoms with Gasteiger partial charge in [0.15, 0.2) is 0 Å². The van der Waals surface area contributed by atoms with Crippen molar-refractivity contribution in [2.24, 2.45) is 0 Å². The molecule has 1 N–H and O–H groups in total. The summed E-state index contributed by atoms with van der Waals surface area (Å²) in [6.45, 7) is 2.13. The smallest absolute Gasteiger partial charge is 0.119 e. The lowest BCUT2D eigenvalue weighted by Crippen LogP contribution is -2.29. The zero-order chi connectivity index (χ0) is 13.2. The molecule has 1 fully saturated rings. The van der Waals surface area contributed by atoms with Crippen molar-refractivity contribution in [2.45, 2.75) is 12.5 Å². The maximum atomic E-state index is 5.32. The predicted molar refractivity (Wildman–Crippen MR) is 78.0 cm³/mol. The van der Waals surface area contributed by atoms with Crippen molar-refractivity contribution in [3.8, 4) is 5.75 Å². The SMILES string of the molecule is CN[C@H]1CCN(c2ccnc3ccc(OC)cc23)C1. The summed E-state index contributed by atoms with van der Waals surface area (Å²) in [5.74, 6) is 0.881. The number of nitrogens with zero attached hydrogens (tertiary/aromatic N) is 2. The molecule has 1 aromatic carbocycles. The lowest BCUT2D eigenvalue weighted by Gasteiger charge is -2.20. The van der Waals surface area contributed by atoms with Crippen LogP contribution in [0.3, 0.4) is 0 Å². The van der Waals surface area contributed by atoms with E-state index in [0.717, 1.165) is 24.4 Å². The van der Waals surface area contributed by atoms with Crippen LogP contribution >= 0.6 is 0 Å². The molecule has 0 unspecified atom stereocenters. The Hall–Kier alpha value is -1.81. The monoisotopic (exact) mass is 257 g/mol. The zero-order valence-corrected chi connectivity index (χ0v) is 11.4. The lowest BCUT2D eigenvalue weighted by molar-refractivity contribution is 0.415. The van der Waals surface area contributed by atoms with E-state index in [1.54, 1.807) is 7.11 Å². The van der Waals surface area contributed by atoms with E-state index < -0.39 is 0 Å². The maximum Gasteiger partial charge on any atom is 0.119 e. The molecule has 2 heterocycles. The first-order valence-electron chi connectivity index (χ1n) is 6.67. The van der Waals surface area contributed by atoms with Crippen molar-refractivity contribution < 1.29 is 4.74 Å². The number of hydrogen-bond donors (Lipinski definition) is 1.